The molecule has 96 valence electrons. The van der Waals surface area contributed by atoms with Crippen LogP contribution in [0, 0.1) is 5.92 Å². The van der Waals surface area contributed by atoms with Gasteiger partial charge in [0, 0.05) is 12.0 Å². The summed E-state index contributed by atoms with van der Waals surface area (Å²) in [5.41, 5.74) is 0.785. The van der Waals surface area contributed by atoms with Gasteiger partial charge in [0.25, 0.3) is 0 Å². The van der Waals surface area contributed by atoms with E-state index in [4.69, 9.17) is 4.74 Å². The van der Waals surface area contributed by atoms with Crippen molar-refractivity contribution in [3.8, 4) is 11.5 Å². The summed E-state index contributed by atoms with van der Waals surface area (Å²) in [5.74, 6) is 2.44. The number of hydrogen-bond donors (Lipinski definition) is 0. The lowest BCUT2D eigenvalue weighted by atomic mass is 10.1. The minimum absolute atomic E-state index is 0.244. The molecule has 0 radical (unpaired) electrons. The Morgan fingerprint density at radius 2 is 1.58 bits per heavy atom. The van der Waals surface area contributed by atoms with Gasteiger partial charge in [0.05, 0.1) is 0 Å². The summed E-state index contributed by atoms with van der Waals surface area (Å²) in [7, 11) is 0. The largest absolute Gasteiger partial charge is 0.457 e. The Labute approximate surface area is 113 Å². The molecule has 2 aromatic rings. The first kappa shape index (κ1) is 12.0. The Balaban J connectivity index is 1.66. The molecular weight excluding hydrogens is 236 g/mol. The Bertz CT molecular complexity index is 554. The van der Waals surface area contributed by atoms with E-state index in [-0.39, 0.29) is 5.78 Å². The molecule has 0 spiro atoms. The molecule has 1 aliphatic carbocycles. The SMILES string of the molecule is O=C(CC1CC1)c1ccc(Oc2ccccc2)cc1. The van der Waals surface area contributed by atoms with Gasteiger partial charge in [0.1, 0.15) is 11.5 Å². The molecule has 0 aromatic heterocycles. The van der Waals surface area contributed by atoms with E-state index in [1.54, 1.807) is 0 Å². The molecule has 0 saturated heterocycles. The number of Topliss-reactive ketones (excluding diaryl/α,β-unsaturated/α-hetero) is 1. The van der Waals surface area contributed by atoms with E-state index in [1.807, 2.05) is 54.6 Å². The Hall–Kier alpha value is -2.09. The molecule has 3 rings (SSSR count). The second kappa shape index (κ2) is 5.27. The maximum absolute atomic E-state index is 11.9. The van der Waals surface area contributed by atoms with Gasteiger partial charge in [-0.1, -0.05) is 18.2 Å². The minimum atomic E-state index is 0.244. The van der Waals surface area contributed by atoms with Crippen molar-refractivity contribution in [2.45, 2.75) is 19.3 Å². The molecule has 1 fully saturated rings. The van der Waals surface area contributed by atoms with Gasteiger partial charge in [-0.25, -0.2) is 0 Å². The third kappa shape index (κ3) is 3.22. The highest BCUT2D eigenvalue weighted by atomic mass is 16.5. The topological polar surface area (TPSA) is 26.3 Å². The molecule has 0 amide bonds. The van der Waals surface area contributed by atoms with Gasteiger partial charge in [0.15, 0.2) is 5.78 Å². The van der Waals surface area contributed by atoms with Crippen molar-refractivity contribution in [1.29, 1.82) is 0 Å². The van der Waals surface area contributed by atoms with E-state index in [2.05, 4.69) is 0 Å². The summed E-state index contributed by atoms with van der Waals surface area (Å²) >= 11 is 0. The van der Waals surface area contributed by atoms with E-state index in [0.29, 0.717) is 12.3 Å². The predicted octanol–water partition coefficient (Wildman–Crippen LogP) is 4.46. The summed E-state index contributed by atoms with van der Waals surface area (Å²) in [6.07, 6.45) is 3.11. The smallest absolute Gasteiger partial charge is 0.163 e. The fourth-order valence-electron chi connectivity index (χ4n) is 2.04. The predicted molar refractivity (Wildman–Crippen MR) is 74.6 cm³/mol. The highest BCUT2D eigenvalue weighted by Gasteiger charge is 2.24. The summed E-state index contributed by atoms with van der Waals surface area (Å²) in [6.45, 7) is 0. The normalized spacial score (nSPS) is 14.1. The van der Waals surface area contributed by atoms with E-state index >= 15 is 0 Å². The zero-order valence-corrected chi connectivity index (χ0v) is 10.7. The number of ketones is 1. The third-order valence-corrected chi connectivity index (χ3v) is 3.33. The van der Waals surface area contributed by atoms with Crippen molar-refractivity contribution in [3.05, 3.63) is 60.2 Å². The first-order valence-corrected chi connectivity index (χ1v) is 6.67. The first-order valence-electron chi connectivity index (χ1n) is 6.67. The molecule has 0 heterocycles. The van der Waals surface area contributed by atoms with Gasteiger partial charge in [0.2, 0.25) is 0 Å². The fraction of sp³-hybridized carbons (Fsp3) is 0.235. The van der Waals surface area contributed by atoms with Crippen molar-refractivity contribution in [2.24, 2.45) is 5.92 Å². The Morgan fingerprint density at radius 3 is 2.21 bits per heavy atom. The molecule has 0 atom stereocenters. The highest BCUT2D eigenvalue weighted by molar-refractivity contribution is 5.96. The van der Waals surface area contributed by atoms with Crippen LogP contribution in [0.1, 0.15) is 29.6 Å². The van der Waals surface area contributed by atoms with Crippen LogP contribution in [0.3, 0.4) is 0 Å². The maximum atomic E-state index is 11.9. The maximum Gasteiger partial charge on any atom is 0.163 e. The average molecular weight is 252 g/mol. The molecule has 0 unspecified atom stereocenters. The molecule has 19 heavy (non-hydrogen) atoms. The van der Waals surface area contributed by atoms with Crippen LogP contribution in [0.4, 0.5) is 0 Å². The number of carbonyl (C=O) groups excluding carboxylic acids is 1. The first-order chi connectivity index (χ1) is 9.31. The molecule has 1 saturated carbocycles. The second-order valence-electron chi connectivity index (χ2n) is 5.01. The van der Waals surface area contributed by atoms with Crippen LogP contribution in [0.25, 0.3) is 0 Å². The molecule has 1 aliphatic rings. The molecule has 0 bridgehead atoms. The van der Waals surface area contributed by atoms with Crippen molar-refractivity contribution in [1.82, 2.24) is 0 Å². The van der Waals surface area contributed by atoms with Crippen LogP contribution >= 0.6 is 0 Å². The van der Waals surface area contributed by atoms with Crippen molar-refractivity contribution in [3.63, 3.8) is 0 Å². The van der Waals surface area contributed by atoms with Crippen LogP contribution in [0.5, 0.6) is 11.5 Å². The number of ether oxygens (including phenoxy) is 1. The summed E-state index contributed by atoms with van der Waals surface area (Å²) in [6, 6.07) is 17.0. The number of para-hydroxylation sites is 1. The van der Waals surface area contributed by atoms with E-state index < -0.39 is 0 Å². The summed E-state index contributed by atoms with van der Waals surface area (Å²) < 4.78 is 5.70. The van der Waals surface area contributed by atoms with Gasteiger partial charge in [-0.3, -0.25) is 4.79 Å². The summed E-state index contributed by atoms with van der Waals surface area (Å²) in [5, 5.41) is 0. The molecular formula is C17H16O2. The quantitative estimate of drug-likeness (QED) is 0.734. The van der Waals surface area contributed by atoms with Gasteiger partial charge >= 0.3 is 0 Å². The minimum Gasteiger partial charge on any atom is -0.457 e. The molecule has 0 aliphatic heterocycles. The van der Waals surface area contributed by atoms with Gasteiger partial charge in [-0.2, -0.15) is 0 Å². The Kier molecular flexibility index (Phi) is 3.32. The lowest BCUT2D eigenvalue weighted by molar-refractivity contribution is 0.0976. The van der Waals surface area contributed by atoms with Gasteiger partial charge < -0.3 is 4.74 Å². The number of hydrogen-bond acceptors (Lipinski definition) is 2. The zero-order valence-electron chi connectivity index (χ0n) is 10.7. The second-order valence-corrected chi connectivity index (χ2v) is 5.01. The fourth-order valence-corrected chi connectivity index (χ4v) is 2.04. The van der Waals surface area contributed by atoms with Crippen LogP contribution in [0.2, 0.25) is 0 Å². The lowest BCUT2D eigenvalue weighted by Crippen LogP contribution is -1.99. The number of carbonyl (C=O) groups is 1. The van der Waals surface area contributed by atoms with Crippen molar-refractivity contribution in [2.75, 3.05) is 0 Å². The molecule has 2 nitrogen and oxygen atoms in total. The monoisotopic (exact) mass is 252 g/mol. The Morgan fingerprint density at radius 1 is 0.947 bits per heavy atom. The van der Waals surface area contributed by atoms with E-state index in [0.717, 1.165) is 17.1 Å². The number of benzene rings is 2. The zero-order chi connectivity index (χ0) is 13.1. The van der Waals surface area contributed by atoms with Crippen molar-refractivity contribution < 1.29 is 9.53 Å². The lowest BCUT2D eigenvalue weighted by Gasteiger charge is -2.06. The van der Waals surface area contributed by atoms with Crippen LogP contribution in [0.15, 0.2) is 54.6 Å². The van der Waals surface area contributed by atoms with Crippen LogP contribution < -0.4 is 4.74 Å². The van der Waals surface area contributed by atoms with Gasteiger partial charge in [-0.15, -0.1) is 0 Å². The van der Waals surface area contributed by atoms with Crippen LogP contribution in [-0.4, -0.2) is 5.78 Å². The third-order valence-electron chi connectivity index (χ3n) is 3.33. The van der Waals surface area contributed by atoms with Crippen molar-refractivity contribution >= 4 is 5.78 Å². The van der Waals surface area contributed by atoms with E-state index in [1.165, 1.54) is 12.8 Å². The number of rotatable bonds is 5. The highest BCUT2D eigenvalue weighted by Crippen LogP contribution is 2.33. The average Bonchev–Trinajstić information content (AvgIpc) is 3.25. The van der Waals surface area contributed by atoms with Gasteiger partial charge in [-0.05, 0) is 55.2 Å². The summed E-state index contributed by atoms with van der Waals surface area (Å²) in [4.78, 5) is 11.9. The standard InChI is InChI=1S/C17H16O2/c18-17(12-13-6-7-13)14-8-10-16(11-9-14)19-15-4-2-1-3-5-15/h1-5,8-11,13H,6-7,12H2. The van der Waals surface area contributed by atoms with Crippen LogP contribution in [-0.2, 0) is 0 Å². The van der Waals surface area contributed by atoms with E-state index in [9.17, 15) is 4.79 Å². The molecule has 2 heteroatoms. The molecule has 2 aromatic carbocycles. The molecule has 0 N–H and O–H groups in total.